The number of Topliss-reactive ketones (excluding diaryl/α,β-unsaturated/α-hetero) is 3. The quantitative estimate of drug-likeness (QED) is 0.309. The Hall–Kier alpha value is -4.40. The van der Waals surface area contributed by atoms with Crippen LogP contribution in [0.2, 0.25) is 0 Å². The largest absolute Gasteiger partial charge is 0.469 e. The molecular weight excluding hydrogens is 544 g/mol. The predicted molar refractivity (Wildman–Crippen MR) is 163 cm³/mol. The maximum Gasteiger partial charge on any atom is 0.305 e. The van der Waals surface area contributed by atoms with Gasteiger partial charge in [0, 0.05) is 58.3 Å². The van der Waals surface area contributed by atoms with Crippen molar-refractivity contribution in [3.63, 3.8) is 0 Å². The summed E-state index contributed by atoms with van der Waals surface area (Å²) in [7, 11) is 1.35. The number of aromatic nitrogens is 4. The predicted octanol–water partition coefficient (Wildman–Crippen LogP) is 6.38. The number of ether oxygens (including phenoxy) is 1. The molecule has 9 heteroatoms. The number of hydrogen-bond donors (Lipinski definition) is 2. The summed E-state index contributed by atoms with van der Waals surface area (Å²) in [6.07, 6.45) is 1.42. The van der Waals surface area contributed by atoms with Crippen LogP contribution in [-0.2, 0) is 14.3 Å². The van der Waals surface area contributed by atoms with E-state index in [0.29, 0.717) is 51.4 Å². The molecule has 4 atom stereocenters. The SMILES string of the molecule is CC[C@H]1c2cc3[nH]c4c(c5nc(cc6nc(cc([nH]2)[C@@H]1C)C(C(C)=O)=C6C)[C@@H](C)[C@@H]5CCC(=O)OC)C(=O)C(=O)c4c3C. The molecule has 8 bridgehead atoms. The number of carbonyl (C=O) groups is 4. The van der Waals surface area contributed by atoms with Crippen molar-refractivity contribution < 1.29 is 23.9 Å². The van der Waals surface area contributed by atoms with Crippen molar-refractivity contribution in [2.75, 3.05) is 7.11 Å². The minimum atomic E-state index is -0.590. The lowest BCUT2D eigenvalue weighted by Gasteiger charge is -2.16. The summed E-state index contributed by atoms with van der Waals surface area (Å²) < 4.78 is 4.90. The number of esters is 1. The van der Waals surface area contributed by atoms with Crippen LogP contribution < -0.4 is 0 Å². The van der Waals surface area contributed by atoms with Gasteiger partial charge in [0.25, 0.3) is 0 Å². The van der Waals surface area contributed by atoms with Gasteiger partial charge in [-0.25, -0.2) is 4.98 Å². The van der Waals surface area contributed by atoms with Gasteiger partial charge in [-0.1, -0.05) is 20.8 Å². The number of carbonyl (C=O) groups excluding carboxylic acids is 4. The Kier molecular flexibility index (Phi) is 6.94. The second-order valence-corrected chi connectivity index (χ2v) is 12.1. The highest BCUT2D eigenvalue weighted by atomic mass is 16.5. The number of aromatic amines is 2. The third-order valence-corrected chi connectivity index (χ3v) is 9.72. The van der Waals surface area contributed by atoms with Gasteiger partial charge in [0.2, 0.25) is 11.6 Å². The summed E-state index contributed by atoms with van der Waals surface area (Å²) >= 11 is 0. The number of allylic oxidation sites excluding steroid dienone is 2. The highest BCUT2D eigenvalue weighted by Gasteiger charge is 2.41. The first-order valence-electron chi connectivity index (χ1n) is 14.9. The van der Waals surface area contributed by atoms with Gasteiger partial charge in [-0.05, 0) is 62.9 Å². The summed E-state index contributed by atoms with van der Waals surface area (Å²) in [5, 5.41) is 0. The molecule has 0 radical (unpaired) electrons. The highest BCUT2D eigenvalue weighted by Crippen LogP contribution is 2.45. The number of methoxy groups -OCH3 is 1. The first-order chi connectivity index (χ1) is 20.5. The number of ketones is 3. The van der Waals surface area contributed by atoms with E-state index in [1.807, 2.05) is 39.0 Å². The molecule has 43 heavy (non-hydrogen) atoms. The molecule has 0 amide bonds. The monoisotopic (exact) mass is 580 g/mol. The molecule has 0 fully saturated rings. The van der Waals surface area contributed by atoms with E-state index >= 15 is 0 Å². The number of H-pyrrole nitrogens is 2. The average Bonchev–Trinajstić information content (AvgIpc) is 3.69. The van der Waals surface area contributed by atoms with Crippen LogP contribution in [0.1, 0.15) is 138 Å². The molecular formula is C34H36N4O5. The standard InChI is InChI=1S/C34H36N4O5/c1-8-19-14(2)21-13-26-28(18(6)39)16(4)23(36-26)11-22-15(3)20(9-10-27(40)43-7)31(37-22)30-32-29(33(41)34(30)42)17(5)24(38-32)12-25(19)35-21/h11-15,19-20,35,38H,8-10H2,1-7H3/t14-,15+,19-,20+/m1/s1. The molecule has 2 aromatic heterocycles. The molecule has 5 heterocycles. The molecule has 3 aliphatic heterocycles. The van der Waals surface area contributed by atoms with Crippen molar-refractivity contribution in [2.24, 2.45) is 0 Å². The van der Waals surface area contributed by atoms with E-state index < -0.39 is 11.6 Å². The Balaban J connectivity index is 1.74. The number of nitrogens with zero attached hydrogens (tertiary/aromatic N) is 2. The Bertz CT molecular complexity index is 1860. The van der Waals surface area contributed by atoms with E-state index in [1.54, 1.807) is 6.92 Å². The number of hydrogen-bond acceptors (Lipinski definition) is 7. The first-order valence-corrected chi connectivity index (χ1v) is 14.9. The maximum absolute atomic E-state index is 13.6. The van der Waals surface area contributed by atoms with E-state index in [9.17, 15) is 19.2 Å². The van der Waals surface area contributed by atoms with Crippen molar-refractivity contribution in [1.82, 2.24) is 19.9 Å². The summed E-state index contributed by atoms with van der Waals surface area (Å²) in [5.41, 5.74) is 8.32. The van der Waals surface area contributed by atoms with Crippen molar-refractivity contribution in [2.45, 2.75) is 84.5 Å². The van der Waals surface area contributed by atoms with Crippen molar-refractivity contribution >= 4 is 45.5 Å². The third-order valence-electron chi connectivity index (χ3n) is 9.72. The van der Waals surface area contributed by atoms with Gasteiger partial charge in [0.1, 0.15) is 0 Å². The molecule has 0 spiro atoms. The van der Waals surface area contributed by atoms with Crippen LogP contribution in [0, 0.1) is 6.92 Å². The molecule has 222 valence electrons. The van der Waals surface area contributed by atoms with E-state index in [4.69, 9.17) is 14.7 Å². The number of rotatable bonds is 5. The molecule has 2 aromatic rings. The Labute approximate surface area is 249 Å². The topological polar surface area (TPSA) is 135 Å². The fraction of sp³-hybridized carbons (Fsp3) is 0.412. The molecule has 1 aliphatic carbocycles. The van der Waals surface area contributed by atoms with Gasteiger partial charge >= 0.3 is 5.97 Å². The maximum atomic E-state index is 13.6. The Morgan fingerprint density at radius 2 is 1.63 bits per heavy atom. The second kappa shape index (κ2) is 10.4. The Morgan fingerprint density at radius 3 is 2.30 bits per heavy atom. The van der Waals surface area contributed by atoms with Crippen molar-refractivity contribution in [3.8, 4) is 0 Å². The van der Waals surface area contributed by atoms with Crippen LogP contribution in [0.3, 0.4) is 0 Å². The second-order valence-electron chi connectivity index (χ2n) is 12.1. The molecule has 9 nitrogen and oxygen atoms in total. The summed E-state index contributed by atoms with van der Waals surface area (Å²) in [6.45, 7) is 11.6. The lowest BCUT2D eigenvalue weighted by molar-refractivity contribution is -0.140. The van der Waals surface area contributed by atoms with Crippen LogP contribution in [-0.4, -0.2) is 50.4 Å². The van der Waals surface area contributed by atoms with Gasteiger partial charge < -0.3 is 14.7 Å². The lowest BCUT2D eigenvalue weighted by Crippen LogP contribution is -2.13. The number of nitrogens with one attached hydrogen (secondary N) is 2. The van der Waals surface area contributed by atoms with E-state index in [2.05, 4.69) is 23.8 Å². The average molecular weight is 581 g/mol. The molecule has 0 saturated heterocycles. The van der Waals surface area contributed by atoms with Gasteiger partial charge in [0.05, 0.1) is 40.8 Å². The van der Waals surface area contributed by atoms with Crippen LogP contribution in [0.25, 0.3) is 22.2 Å². The highest BCUT2D eigenvalue weighted by molar-refractivity contribution is 6.56. The zero-order valence-corrected chi connectivity index (χ0v) is 25.6. The summed E-state index contributed by atoms with van der Waals surface area (Å²) in [5.74, 6) is -1.73. The summed E-state index contributed by atoms with van der Waals surface area (Å²) in [4.78, 5) is 68.9. The minimum absolute atomic E-state index is 0.0696. The van der Waals surface area contributed by atoms with Gasteiger partial charge in [-0.2, -0.15) is 0 Å². The zero-order chi connectivity index (χ0) is 30.9. The molecule has 0 unspecified atom stereocenters. The molecule has 6 rings (SSSR count). The van der Waals surface area contributed by atoms with Crippen LogP contribution >= 0.6 is 0 Å². The fourth-order valence-corrected chi connectivity index (χ4v) is 7.21. The Morgan fingerprint density at radius 1 is 0.907 bits per heavy atom. The zero-order valence-electron chi connectivity index (χ0n) is 25.6. The fourth-order valence-electron chi connectivity index (χ4n) is 7.21. The van der Waals surface area contributed by atoms with Gasteiger partial charge in [-0.3, -0.25) is 24.2 Å². The van der Waals surface area contributed by atoms with E-state index in [-0.39, 0.29) is 47.4 Å². The number of aryl methyl sites for hydroxylation is 1. The minimum Gasteiger partial charge on any atom is -0.469 e. The van der Waals surface area contributed by atoms with Crippen LogP contribution in [0.15, 0.2) is 18.2 Å². The molecule has 2 N–H and O–H groups in total. The van der Waals surface area contributed by atoms with Crippen LogP contribution in [0.4, 0.5) is 0 Å². The lowest BCUT2D eigenvalue weighted by atomic mass is 9.85. The van der Waals surface area contributed by atoms with Gasteiger partial charge in [0.15, 0.2) is 5.78 Å². The van der Waals surface area contributed by atoms with Gasteiger partial charge in [-0.15, -0.1) is 0 Å². The van der Waals surface area contributed by atoms with Crippen molar-refractivity contribution in [1.29, 1.82) is 0 Å². The van der Waals surface area contributed by atoms with E-state index in [0.717, 1.165) is 28.9 Å². The van der Waals surface area contributed by atoms with E-state index in [1.165, 1.54) is 7.11 Å². The molecule has 0 saturated carbocycles. The normalized spacial score (nSPS) is 21.8. The third kappa shape index (κ3) is 4.36. The summed E-state index contributed by atoms with van der Waals surface area (Å²) in [6, 6.07) is 5.88. The smallest absolute Gasteiger partial charge is 0.305 e. The van der Waals surface area contributed by atoms with Crippen LogP contribution in [0.5, 0.6) is 0 Å². The molecule has 0 aromatic carbocycles. The number of fused-ring (bicyclic) bond motifs is 8. The molecule has 4 aliphatic rings. The first kappa shape index (κ1) is 28.7. The van der Waals surface area contributed by atoms with Crippen molar-refractivity contribution in [3.05, 3.63) is 69.1 Å².